The fourth-order valence-corrected chi connectivity index (χ4v) is 2.14. The third-order valence-electron chi connectivity index (χ3n) is 3.05. The molecule has 0 N–H and O–H groups in total. The van der Waals surface area contributed by atoms with Crippen LogP contribution in [0.3, 0.4) is 0 Å². The summed E-state index contributed by atoms with van der Waals surface area (Å²) in [6.45, 7) is 9.33. The Labute approximate surface area is 108 Å². The molecule has 0 radical (unpaired) electrons. The lowest BCUT2D eigenvalue weighted by Gasteiger charge is -2.20. The van der Waals surface area contributed by atoms with Crippen molar-refractivity contribution >= 4 is 0 Å². The van der Waals surface area contributed by atoms with E-state index in [0.29, 0.717) is 19.0 Å². The zero-order valence-corrected chi connectivity index (χ0v) is 12.3. The first kappa shape index (κ1) is 16.9. The summed E-state index contributed by atoms with van der Waals surface area (Å²) >= 11 is 0. The molecular formula is C15H32O2. The molecule has 0 aromatic carbocycles. The summed E-state index contributed by atoms with van der Waals surface area (Å²) in [5.74, 6) is 0. The van der Waals surface area contributed by atoms with Crippen LogP contribution >= 0.6 is 0 Å². The van der Waals surface area contributed by atoms with Crippen LogP contribution in [0.4, 0.5) is 0 Å². The van der Waals surface area contributed by atoms with Crippen molar-refractivity contribution in [2.75, 3.05) is 6.79 Å². The molecule has 0 aromatic heterocycles. The number of hydrogen-bond donors (Lipinski definition) is 0. The summed E-state index contributed by atoms with van der Waals surface area (Å²) in [7, 11) is 0. The van der Waals surface area contributed by atoms with E-state index in [2.05, 4.69) is 27.7 Å². The van der Waals surface area contributed by atoms with Gasteiger partial charge in [0.25, 0.3) is 0 Å². The highest BCUT2D eigenvalue weighted by Gasteiger charge is 2.10. The number of hydrogen-bond acceptors (Lipinski definition) is 2. The average molecular weight is 244 g/mol. The summed E-state index contributed by atoms with van der Waals surface area (Å²) < 4.78 is 11.6. The molecule has 17 heavy (non-hydrogen) atoms. The fourth-order valence-electron chi connectivity index (χ4n) is 2.14. The van der Waals surface area contributed by atoms with E-state index in [-0.39, 0.29) is 0 Å². The molecule has 2 nitrogen and oxygen atoms in total. The van der Waals surface area contributed by atoms with Crippen molar-refractivity contribution < 1.29 is 9.47 Å². The highest BCUT2D eigenvalue weighted by atomic mass is 16.7. The first-order valence-electron chi connectivity index (χ1n) is 7.51. The maximum atomic E-state index is 5.82. The van der Waals surface area contributed by atoms with Crippen molar-refractivity contribution in [3.8, 4) is 0 Å². The van der Waals surface area contributed by atoms with Crippen molar-refractivity contribution in [3.63, 3.8) is 0 Å². The Kier molecular flexibility index (Phi) is 12.3. The third-order valence-corrected chi connectivity index (χ3v) is 3.05. The molecule has 0 saturated heterocycles. The summed E-state index contributed by atoms with van der Waals surface area (Å²) in [4.78, 5) is 0. The molecule has 0 spiro atoms. The van der Waals surface area contributed by atoms with Crippen LogP contribution in [0.1, 0.15) is 79.1 Å². The van der Waals surface area contributed by atoms with Crippen LogP contribution in [0.5, 0.6) is 0 Å². The maximum absolute atomic E-state index is 5.82. The van der Waals surface area contributed by atoms with Gasteiger partial charge in [0.2, 0.25) is 0 Å². The van der Waals surface area contributed by atoms with Gasteiger partial charge in [-0.25, -0.2) is 0 Å². The first-order valence-corrected chi connectivity index (χ1v) is 7.51. The van der Waals surface area contributed by atoms with E-state index >= 15 is 0 Å². The van der Waals surface area contributed by atoms with Crippen LogP contribution < -0.4 is 0 Å². The second-order valence-corrected chi connectivity index (χ2v) is 4.85. The van der Waals surface area contributed by atoms with Crippen LogP contribution in [-0.4, -0.2) is 19.0 Å². The molecule has 0 fully saturated rings. The maximum Gasteiger partial charge on any atom is 0.147 e. The van der Waals surface area contributed by atoms with Gasteiger partial charge in [0.1, 0.15) is 6.79 Å². The molecule has 0 atom stereocenters. The molecule has 2 heteroatoms. The highest BCUT2D eigenvalue weighted by molar-refractivity contribution is 4.57. The quantitative estimate of drug-likeness (QED) is 0.454. The van der Waals surface area contributed by atoms with Crippen LogP contribution in [0, 0.1) is 0 Å². The van der Waals surface area contributed by atoms with Gasteiger partial charge in [0.15, 0.2) is 0 Å². The van der Waals surface area contributed by atoms with E-state index in [0.717, 1.165) is 25.7 Å². The lowest BCUT2D eigenvalue weighted by molar-refractivity contribution is -0.124. The molecule has 0 rings (SSSR count). The summed E-state index contributed by atoms with van der Waals surface area (Å²) in [5.41, 5.74) is 0. The smallest absolute Gasteiger partial charge is 0.147 e. The van der Waals surface area contributed by atoms with E-state index in [1.165, 1.54) is 25.7 Å². The Balaban J connectivity index is 3.73. The molecule has 0 aliphatic rings. The predicted molar refractivity (Wildman–Crippen MR) is 74.2 cm³/mol. The van der Waals surface area contributed by atoms with Crippen molar-refractivity contribution in [1.82, 2.24) is 0 Å². The van der Waals surface area contributed by atoms with Crippen LogP contribution in [0.2, 0.25) is 0 Å². The van der Waals surface area contributed by atoms with Crippen molar-refractivity contribution in [2.24, 2.45) is 0 Å². The van der Waals surface area contributed by atoms with Gasteiger partial charge in [0.05, 0.1) is 12.2 Å². The fraction of sp³-hybridized carbons (Fsp3) is 1.00. The molecule has 0 heterocycles. The molecule has 0 unspecified atom stereocenters. The minimum absolute atomic E-state index is 0.397. The van der Waals surface area contributed by atoms with Gasteiger partial charge in [0, 0.05) is 0 Å². The van der Waals surface area contributed by atoms with Crippen molar-refractivity contribution in [3.05, 3.63) is 0 Å². The second-order valence-electron chi connectivity index (χ2n) is 4.85. The Morgan fingerprint density at radius 1 is 0.588 bits per heavy atom. The normalized spacial score (nSPS) is 11.6. The highest BCUT2D eigenvalue weighted by Crippen LogP contribution is 2.12. The van der Waals surface area contributed by atoms with Gasteiger partial charge < -0.3 is 9.47 Å². The second kappa shape index (κ2) is 12.4. The standard InChI is InChI=1S/C15H32O2/c1-5-9-14(10-6-2)16-13-17-15(11-7-3)12-8-4/h14-15H,5-13H2,1-4H3. The van der Waals surface area contributed by atoms with Gasteiger partial charge >= 0.3 is 0 Å². The lowest BCUT2D eigenvalue weighted by Crippen LogP contribution is -2.19. The minimum atomic E-state index is 0.397. The van der Waals surface area contributed by atoms with Gasteiger partial charge in [-0.2, -0.15) is 0 Å². The Hall–Kier alpha value is -0.0800. The van der Waals surface area contributed by atoms with Crippen LogP contribution in [0.15, 0.2) is 0 Å². The molecule has 0 saturated carbocycles. The first-order chi connectivity index (χ1) is 8.28. The number of rotatable bonds is 12. The Morgan fingerprint density at radius 2 is 0.882 bits per heavy atom. The van der Waals surface area contributed by atoms with Gasteiger partial charge in [-0.05, 0) is 25.7 Å². The van der Waals surface area contributed by atoms with Crippen LogP contribution in [-0.2, 0) is 9.47 Å². The SMILES string of the molecule is CCCC(CCC)OCOC(CCC)CCC. The largest absolute Gasteiger partial charge is 0.352 e. The van der Waals surface area contributed by atoms with E-state index in [4.69, 9.17) is 9.47 Å². The summed E-state index contributed by atoms with van der Waals surface area (Å²) in [6, 6.07) is 0. The van der Waals surface area contributed by atoms with E-state index in [9.17, 15) is 0 Å². The Bertz CT molecular complexity index is 120. The molecule has 0 aliphatic heterocycles. The Morgan fingerprint density at radius 3 is 1.12 bits per heavy atom. The summed E-state index contributed by atoms with van der Waals surface area (Å²) in [5, 5.41) is 0. The van der Waals surface area contributed by atoms with Crippen LogP contribution in [0.25, 0.3) is 0 Å². The summed E-state index contributed by atoms with van der Waals surface area (Å²) in [6.07, 6.45) is 10.2. The molecule has 0 aliphatic carbocycles. The van der Waals surface area contributed by atoms with E-state index in [1.54, 1.807) is 0 Å². The molecule has 0 bridgehead atoms. The van der Waals surface area contributed by atoms with Crippen molar-refractivity contribution in [1.29, 1.82) is 0 Å². The predicted octanol–water partition coefficient (Wildman–Crippen LogP) is 4.91. The van der Waals surface area contributed by atoms with Gasteiger partial charge in [-0.1, -0.05) is 53.4 Å². The monoisotopic (exact) mass is 244 g/mol. The molecule has 104 valence electrons. The third kappa shape index (κ3) is 9.61. The van der Waals surface area contributed by atoms with Gasteiger partial charge in [-0.15, -0.1) is 0 Å². The molecular weight excluding hydrogens is 212 g/mol. The zero-order chi connectivity index (χ0) is 12.9. The topological polar surface area (TPSA) is 18.5 Å². The zero-order valence-electron chi connectivity index (χ0n) is 12.3. The minimum Gasteiger partial charge on any atom is -0.352 e. The van der Waals surface area contributed by atoms with Gasteiger partial charge in [-0.3, -0.25) is 0 Å². The lowest BCUT2D eigenvalue weighted by atomic mass is 10.1. The molecule has 0 amide bonds. The number of ether oxygens (including phenoxy) is 2. The average Bonchev–Trinajstić information content (AvgIpc) is 2.30. The molecule has 0 aromatic rings. The van der Waals surface area contributed by atoms with E-state index < -0.39 is 0 Å². The van der Waals surface area contributed by atoms with Crippen molar-refractivity contribution in [2.45, 2.75) is 91.3 Å². The van der Waals surface area contributed by atoms with E-state index in [1.807, 2.05) is 0 Å².